The Bertz CT molecular complexity index is 218. The summed E-state index contributed by atoms with van der Waals surface area (Å²) in [6, 6.07) is 0.502. The molecule has 1 aliphatic rings. The average molecular weight is 259 g/mol. The normalized spacial score (nSPS) is 28.4. The van der Waals surface area contributed by atoms with Crippen LogP contribution in [0.2, 0.25) is 0 Å². The fraction of sp³-hybridized carbons (Fsp3) is 1.00. The number of hydrogen-bond donors (Lipinski definition) is 1. The fourth-order valence-electron chi connectivity index (χ4n) is 2.68. The molecule has 1 N–H and O–H groups in total. The van der Waals surface area contributed by atoms with Crippen LogP contribution in [-0.2, 0) is 10.8 Å². The van der Waals surface area contributed by atoms with Crippen molar-refractivity contribution in [2.45, 2.75) is 76.5 Å². The highest BCUT2D eigenvalue weighted by atomic mass is 32.2. The molecule has 17 heavy (non-hydrogen) atoms. The lowest BCUT2D eigenvalue weighted by molar-refractivity contribution is 0.395. The van der Waals surface area contributed by atoms with E-state index in [-0.39, 0.29) is 0 Å². The van der Waals surface area contributed by atoms with Gasteiger partial charge in [0, 0.05) is 22.6 Å². The van der Waals surface area contributed by atoms with Crippen molar-refractivity contribution in [1.29, 1.82) is 0 Å². The van der Waals surface area contributed by atoms with Gasteiger partial charge in [-0.25, -0.2) is 0 Å². The van der Waals surface area contributed by atoms with Crippen LogP contribution in [0.5, 0.6) is 0 Å². The van der Waals surface area contributed by atoms with Gasteiger partial charge in [0.15, 0.2) is 0 Å². The molecule has 2 nitrogen and oxygen atoms in total. The highest BCUT2D eigenvalue weighted by molar-refractivity contribution is 7.85. The molecular weight excluding hydrogens is 230 g/mol. The maximum Gasteiger partial charge on any atom is 0.0501 e. The Balaban J connectivity index is 2.57. The molecule has 0 amide bonds. The lowest BCUT2D eigenvalue weighted by atomic mass is 9.96. The number of nitrogens with one attached hydrogen (secondary N) is 1. The van der Waals surface area contributed by atoms with Gasteiger partial charge in [-0.3, -0.25) is 4.21 Å². The summed E-state index contributed by atoms with van der Waals surface area (Å²) in [5.41, 5.74) is 0. The van der Waals surface area contributed by atoms with E-state index in [4.69, 9.17) is 0 Å². The van der Waals surface area contributed by atoms with Gasteiger partial charge >= 0.3 is 0 Å². The maximum absolute atomic E-state index is 12.3. The van der Waals surface area contributed by atoms with Gasteiger partial charge in [0.05, 0.1) is 5.25 Å². The summed E-state index contributed by atoms with van der Waals surface area (Å²) in [5.74, 6) is 0.884. The zero-order valence-electron chi connectivity index (χ0n) is 11.5. The van der Waals surface area contributed by atoms with Crippen LogP contribution in [0.25, 0.3) is 0 Å². The Morgan fingerprint density at radius 2 is 1.76 bits per heavy atom. The summed E-state index contributed by atoms with van der Waals surface area (Å²) in [6.07, 6.45) is 9.87. The van der Waals surface area contributed by atoms with E-state index < -0.39 is 10.8 Å². The second-order valence-electron chi connectivity index (χ2n) is 5.18. The van der Waals surface area contributed by atoms with Crippen molar-refractivity contribution in [1.82, 2.24) is 5.32 Å². The minimum Gasteiger partial charge on any atom is -0.313 e. The van der Waals surface area contributed by atoms with Crippen LogP contribution >= 0.6 is 0 Å². The summed E-state index contributed by atoms with van der Waals surface area (Å²) in [7, 11) is -0.621. The first-order chi connectivity index (χ1) is 8.29. The van der Waals surface area contributed by atoms with Crippen molar-refractivity contribution >= 4 is 10.8 Å². The standard InChI is InChI=1S/C14H29NOS/c1-3-11-15-13-9-7-5-6-8-10-14(13)17(16)12-4-2/h13-15H,3-12H2,1-2H3. The maximum atomic E-state index is 12.3. The van der Waals surface area contributed by atoms with Crippen molar-refractivity contribution in [2.24, 2.45) is 0 Å². The summed E-state index contributed by atoms with van der Waals surface area (Å²) in [5, 5.41) is 4.04. The van der Waals surface area contributed by atoms with Gasteiger partial charge in [0.1, 0.15) is 0 Å². The van der Waals surface area contributed by atoms with Crippen LogP contribution in [0, 0.1) is 0 Å². The molecule has 1 aliphatic carbocycles. The second-order valence-corrected chi connectivity index (χ2v) is 6.95. The van der Waals surface area contributed by atoms with E-state index in [0.717, 1.165) is 25.1 Å². The summed E-state index contributed by atoms with van der Waals surface area (Å²) < 4.78 is 12.3. The van der Waals surface area contributed by atoms with Crippen LogP contribution in [0.1, 0.15) is 65.2 Å². The summed E-state index contributed by atoms with van der Waals surface area (Å²) in [4.78, 5) is 0. The highest BCUT2D eigenvalue weighted by Gasteiger charge is 2.26. The molecule has 0 radical (unpaired) electrons. The first-order valence-corrected chi connectivity index (χ1v) is 8.78. The van der Waals surface area contributed by atoms with E-state index in [2.05, 4.69) is 19.2 Å². The molecule has 0 bridgehead atoms. The third-order valence-corrected chi connectivity index (χ3v) is 5.65. The molecular formula is C14H29NOS. The van der Waals surface area contributed by atoms with Crippen molar-refractivity contribution < 1.29 is 4.21 Å². The zero-order chi connectivity index (χ0) is 12.5. The van der Waals surface area contributed by atoms with Crippen LogP contribution in [0.3, 0.4) is 0 Å². The Morgan fingerprint density at radius 3 is 2.41 bits per heavy atom. The molecule has 1 saturated carbocycles. The highest BCUT2D eigenvalue weighted by Crippen LogP contribution is 2.22. The molecule has 0 aromatic heterocycles. The molecule has 0 saturated heterocycles. The molecule has 0 spiro atoms. The summed E-state index contributed by atoms with van der Waals surface area (Å²) >= 11 is 0. The molecule has 102 valence electrons. The molecule has 0 heterocycles. The predicted octanol–water partition coefficient (Wildman–Crippen LogP) is 3.24. The molecule has 0 aliphatic heterocycles. The smallest absolute Gasteiger partial charge is 0.0501 e. The Kier molecular flexibility index (Phi) is 8.12. The number of rotatable bonds is 6. The van der Waals surface area contributed by atoms with E-state index in [1.807, 2.05) is 0 Å². The molecule has 0 aromatic carbocycles. The van der Waals surface area contributed by atoms with Crippen molar-refractivity contribution in [2.75, 3.05) is 12.3 Å². The van der Waals surface area contributed by atoms with Gasteiger partial charge in [-0.1, -0.05) is 39.5 Å². The third-order valence-electron chi connectivity index (χ3n) is 3.60. The van der Waals surface area contributed by atoms with Crippen LogP contribution in [-0.4, -0.2) is 27.8 Å². The quantitative estimate of drug-likeness (QED) is 0.793. The Labute approximate surface area is 109 Å². The van der Waals surface area contributed by atoms with Crippen LogP contribution < -0.4 is 5.32 Å². The van der Waals surface area contributed by atoms with Gasteiger partial charge < -0.3 is 5.32 Å². The van der Waals surface area contributed by atoms with Gasteiger partial charge in [-0.05, 0) is 32.2 Å². The first kappa shape index (κ1) is 15.2. The van der Waals surface area contributed by atoms with Crippen molar-refractivity contribution in [3.05, 3.63) is 0 Å². The molecule has 0 aromatic rings. The molecule has 3 heteroatoms. The van der Waals surface area contributed by atoms with E-state index in [1.54, 1.807) is 0 Å². The topological polar surface area (TPSA) is 29.1 Å². The largest absolute Gasteiger partial charge is 0.313 e. The fourth-order valence-corrected chi connectivity index (χ4v) is 4.41. The molecule has 1 rings (SSSR count). The van der Waals surface area contributed by atoms with Crippen LogP contribution in [0.15, 0.2) is 0 Å². The predicted molar refractivity (Wildman–Crippen MR) is 76.9 cm³/mol. The first-order valence-electron chi connectivity index (χ1n) is 7.40. The van der Waals surface area contributed by atoms with Gasteiger partial charge in [-0.2, -0.15) is 0 Å². The minimum atomic E-state index is -0.621. The number of hydrogen-bond acceptors (Lipinski definition) is 2. The monoisotopic (exact) mass is 259 g/mol. The summed E-state index contributed by atoms with van der Waals surface area (Å²) in [6.45, 7) is 5.41. The third kappa shape index (κ3) is 5.52. The lowest BCUT2D eigenvalue weighted by Gasteiger charge is -2.29. The SMILES string of the molecule is CCCNC1CCCCCCC1S(=O)CCC. The minimum absolute atomic E-state index is 0.404. The zero-order valence-corrected chi connectivity index (χ0v) is 12.4. The second kappa shape index (κ2) is 9.09. The van der Waals surface area contributed by atoms with Gasteiger partial charge in [-0.15, -0.1) is 0 Å². The van der Waals surface area contributed by atoms with Gasteiger partial charge in [0.25, 0.3) is 0 Å². The Hall–Kier alpha value is 0.110. The molecule has 1 fully saturated rings. The molecule has 3 unspecified atom stereocenters. The van der Waals surface area contributed by atoms with E-state index in [1.165, 1.54) is 38.5 Å². The van der Waals surface area contributed by atoms with Crippen molar-refractivity contribution in [3.63, 3.8) is 0 Å². The van der Waals surface area contributed by atoms with Crippen molar-refractivity contribution in [3.8, 4) is 0 Å². The van der Waals surface area contributed by atoms with Crippen LogP contribution in [0.4, 0.5) is 0 Å². The van der Waals surface area contributed by atoms with E-state index in [0.29, 0.717) is 11.3 Å². The van der Waals surface area contributed by atoms with E-state index in [9.17, 15) is 4.21 Å². The Morgan fingerprint density at radius 1 is 1.06 bits per heavy atom. The molecule has 3 atom stereocenters. The van der Waals surface area contributed by atoms with Gasteiger partial charge in [0.2, 0.25) is 0 Å². The lowest BCUT2D eigenvalue weighted by Crippen LogP contribution is -2.43. The average Bonchev–Trinajstić information content (AvgIpc) is 2.28. The van der Waals surface area contributed by atoms with E-state index >= 15 is 0 Å².